The summed E-state index contributed by atoms with van der Waals surface area (Å²) < 4.78 is 41.1. The number of ether oxygens (including phenoxy) is 1. The molecule has 2 rings (SSSR count). The third kappa shape index (κ3) is 6.35. The lowest BCUT2D eigenvalue weighted by molar-refractivity contribution is -0.0505. The number of hydrogen-bond donors (Lipinski definition) is 0. The van der Waals surface area contributed by atoms with Crippen LogP contribution in [0.4, 0.5) is 13.2 Å². The molecule has 23 heavy (non-hydrogen) atoms. The normalized spacial score (nSPS) is 10.7. The fourth-order valence-corrected chi connectivity index (χ4v) is 2.10. The molecule has 0 fully saturated rings. The zero-order valence-electron chi connectivity index (χ0n) is 13.9. The molecule has 126 valence electrons. The quantitative estimate of drug-likeness (QED) is 0.636. The van der Waals surface area contributed by atoms with Gasteiger partial charge < -0.3 is 4.74 Å². The van der Waals surface area contributed by atoms with Crippen molar-refractivity contribution in [3.05, 3.63) is 65.5 Å². The van der Waals surface area contributed by atoms with Gasteiger partial charge in [0.05, 0.1) is 0 Å². The van der Waals surface area contributed by atoms with Crippen LogP contribution in [0.2, 0.25) is 0 Å². The van der Waals surface area contributed by atoms with E-state index in [1.54, 1.807) is 24.3 Å². The Hall–Kier alpha value is -1.97. The second kappa shape index (κ2) is 9.23. The predicted octanol–water partition coefficient (Wildman–Crippen LogP) is 6.36. The molecule has 2 aromatic carbocycles. The van der Waals surface area contributed by atoms with Gasteiger partial charge in [-0.05, 0) is 35.1 Å². The molecule has 0 aliphatic rings. The summed E-state index contributed by atoms with van der Waals surface area (Å²) >= 11 is 0. The molecule has 1 nitrogen and oxygen atoms in total. The van der Waals surface area contributed by atoms with Gasteiger partial charge in [0.25, 0.3) is 0 Å². The molecule has 0 aliphatic carbocycles. The molecule has 0 N–H and O–H groups in total. The van der Waals surface area contributed by atoms with Crippen molar-refractivity contribution in [2.45, 2.75) is 46.1 Å². The molecule has 0 atom stereocenters. The Morgan fingerprint density at radius 2 is 1.22 bits per heavy atom. The summed E-state index contributed by atoms with van der Waals surface area (Å²) in [6, 6.07) is 13.7. The number of rotatable bonds is 4. The van der Waals surface area contributed by atoms with Crippen LogP contribution >= 0.6 is 0 Å². The zero-order valence-corrected chi connectivity index (χ0v) is 13.9. The van der Waals surface area contributed by atoms with Crippen LogP contribution in [0.1, 0.15) is 50.7 Å². The van der Waals surface area contributed by atoms with Crippen LogP contribution in [0, 0.1) is 5.82 Å². The van der Waals surface area contributed by atoms with E-state index in [9.17, 15) is 13.2 Å². The van der Waals surface area contributed by atoms with Gasteiger partial charge in [-0.2, -0.15) is 8.78 Å². The predicted molar refractivity (Wildman–Crippen MR) is 87.7 cm³/mol. The average molecular weight is 324 g/mol. The summed E-state index contributed by atoms with van der Waals surface area (Å²) in [6.45, 7) is 5.10. The molecule has 0 heterocycles. The van der Waals surface area contributed by atoms with Gasteiger partial charge in [0.1, 0.15) is 11.6 Å². The molecule has 0 saturated heterocycles. The maximum atomic E-state index is 12.8. The number of alkyl halides is 2. The first-order valence-corrected chi connectivity index (χ1v) is 7.61. The molecule has 4 heteroatoms. The van der Waals surface area contributed by atoms with E-state index < -0.39 is 6.61 Å². The lowest BCUT2D eigenvalue weighted by Crippen LogP contribution is -2.04. The second-order valence-electron chi connectivity index (χ2n) is 5.75. The summed E-state index contributed by atoms with van der Waals surface area (Å²) in [5.41, 5.74) is 1.60. The number of para-hydroxylation sites is 1. The molecular formula is C19H23F3O. The minimum Gasteiger partial charge on any atom is -0.435 e. The van der Waals surface area contributed by atoms with Crippen molar-refractivity contribution in [3.63, 3.8) is 0 Å². The molecule has 0 bridgehead atoms. The fraction of sp³-hybridized carbons (Fsp3) is 0.368. The molecule has 0 aliphatic heterocycles. The van der Waals surface area contributed by atoms with E-state index in [2.05, 4.69) is 4.74 Å². The van der Waals surface area contributed by atoms with Gasteiger partial charge in [-0.3, -0.25) is 0 Å². The van der Waals surface area contributed by atoms with Crippen LogP contribution in [0.3, 0.4) is 0 Å². The Morgan fingerprint density at radius 1 is 0.739 bits per heavy atom. The number of benzene rings is 2. The van der Waals surface area contributed by atoms with Gasteiger partial charge in [-0.1, -0.05) is 64.1 Å². The van der Waals surface area contributed by atoms with Crippen molar-refractivity contribution in [3.8, 4) is 5.75 Å². The first kappa shape index (κ1) is 19.1. The largest absolute Gasteiger partial charge is 0.435 e. The van der Waals surface area contributed by atoms with Gasteiger partial charge in [0, 0.05) is 0 Å². The summed E-state index contributed by atoms with van der Waals surface area (Å²) in [6.07, 6.45) is 0. The van der Waals surface area contributed by atoms with Gasteiger partial charge in [-0.25, -0.2) is 4.39 Å². The minimum absolute atomic E-state index is 0.0995. The van der Waals surface area contributed by atoms with E-state index >= 15 is 0 Å². The Bertz CT molecular complexity index is 595. The van der Waals surface area contributed by atoms with E-state index in [0.717, 1.165) is 11.1 Å². The van der Waals surface area contributed by atoms with Crippen molar-refractivity contribution in [2.24, 2.45) is 0 Å². The van der Waals surface area contributed by atoms with Crippen molar-refractivity contribution >= 4 is 0 Å². The van der Waals surface area contributed by atoms with Crippen molar-refractivity contribution in [1.82, 2.24) is 0 Å². The third-order valence-electron chi connectivity index (χ3n) is 3.28. The highest BCUT2D eigenvalue weighted by molar-refractivity contribution is 5.35. The van der Waals surface area contributed by atoms with Crippen LogP contribution in [-0.4, -0.2) is 6.61 Å². The summed E-state index contributed by atoms with van der Waals surface area (Å²) in [4.78, 5) is 0. The maximum Gasteiger partial charge on any atom is 0.387 e. The average Bonchev–Trinajstić information content (AvgIpc) is 2.47. The minimum atomic E-state index is -2.75. The fourth-order valence-electron chi connectivity index (χ4n) is 2.10. The summed E-state index contributed by atoms with van der Waals surface area (Å²) in [5.74, 6) is 0.640. The van der Waals surface area contributed by atoms with Crippen molar-refractivity contribution < 1.29 is 17.9 Å². The first-order valence-electron chi connectivity index (χ1n) is 7.61. The first-order chi connectivity index (χ1) is 10.8. The van der Waals surface area contributed by atoms with Crippen LogP contribution in [0.15, 0.2) is 48.5 Å². The van der Waals surface area contributed by atoms with Gasteiger partial charge >= 0.3 is 6.61 Å². The standard InChI is InChI=1S/C10H12F2O.C9H11F/c1-7(2)8-5-3-4-6-9(8)13-10(11)12;1-7(2)8-5-3-4-6-9(8)10/h3-7,10H,1-2H3;3-7H,1-2H3. The summed E-state index contributed by atoms with van der Waals surface area (Å²) in [7, 11) is 0. The van der Waals surface area contributed by atoms with Gasteiger partial charge in [0.2, 0.25) is 0 Å². The van der Waals surface area contributed by atoms with Crippen molar-refractivity contribution in [2.75, 3.05) is 0 Å². The number of hydrogen-bond acceptors (Lipinski definition) is 1. The highest BCUT2D eigenvalue weighted by Crippen LogP contribution is 2.26. The Morgan fingerprint density at radius 3 is 1.65 bits per heavy atom. The molecule has 2 aromatic rings. The maximum absolute atomic E-state index is 12.8. The van der Waals surface area contributed by atoms with Gasteiger partial charge in [0.15, 0.2) is 0 Å². The van der Waals surface area contributed by atoms with Crippen LogP contribution in [-0.2, 0) is 0 Å². The lowest BCUT2D eigenvalue weighted by atomic mass is 10.0. The topological polar surface area (TPSA) is 9.23 Å². The molecule has 0 spiro atoms. The second-order valence-corrected chi connectivity index (χ2v) is 5.75. The van der Waals surface area contributed by atoms with Crippen molar-refractivity contribution in [1.29, 1.82) is 0 Å². The smallest absolute Gasteiger partial charge is 0.387 e. The van der Waals surface area contributed by atoms with E-state index in [-0.39, 0.29) is 23.4 Å². The van der Waals surface area contributed by atoms with Gasteiger partial charge in [-0.15, -0.1) is 0 Å². The van der Waals surface area contributed by atoms with E-state index in [1.807, 2.05) is 45.9 Å². The highest BCUT2D eigenvalue weighted by Gasteiger charge is 2.10. The number of halogens is 3. The van der Waals surface area contributed by atoms with E-state index in [0.29, 0.717) is 0 Å². The van der Waals surface area contributed by atoms with E-state index in [1.165, 1.54) is 6.07 Å². The van der Waals surface area contributed by atoms with Crippen LogP contribution in [0.25, 0.3) is 0 Å². The van der Waals surface area contributed by atoms with Crippen LogP contribution in [0.5, 0.6) is 5.75 Å². The highest BCUT2D eigenvalue weighted by atomic mass is 19.3. The molecule has 0 unspecified atom stereocenters. The Labute approximate surface area is 136 Å². The molecular weight excluding hydrogens is 301 g/mol. The molecule has 0 amide bonds. The Kier molecular flexibility index (Phi) is 7.66. The molecule has 0 saturated carbocycles. The Balaban J connectivity index is 0.000000238. The third-order valence-corrected chi connectivity index (χ3v) is 3.28. The molecule has 0 aromatic heterocycles. The lowest BCUT2D eigenvalue weighted by Gasteiger charge is -2.12. The summed E-state index contributed by atoms with van der Waals surface area (Å²) in [5, 5.41) is 0. The monoisotopic (exact) mass is 324 g/mol. The van der Waals surface area contributed by atoms with Crippen LogP contribution < -0.4 is 4.74 Å². The van der Waals surface area contributed by atoms with E-state index in [4.69, 9.17) is 0 Å². The zero-order chi connectivity index (χ0) is 17.4. The molecule has 0 radical (unpaired) electrons. The SMILES string of the molecule is CC(C)c1ccccc1F.CC(C)c1ccccc1OC(F)F.